The molecule has 0 fully saturated rings. The lowest BCUT2D eigenvalue weighted by molar-refractivity contribution is -0.113. The molecule has 10 heteroatoms. The minimum absolute atomic E-state index is 0.146. The van der Waals surface area contributed by atoms with Gasteiger partial charge in [0.25, 0.3) is 5.91 Å². The average molecular weight is 480 g/mol. The average Bonchev–Trinajstić information content (AvgIpc) is 3.53. The summed E-state index contributed by atoms with van der Waals surface area (Å²) in [4.78, 5) is 25.1. The number of benzene rings is 2. The van der Waals surface area contributed by atoms with E-state index in [2.05, 4.69) is 26.1 Å². The third kappa shape index (κ3) is 6.67. The normalized spacial score (nSPS) is 10.5. The van der Waals surface area contributed by atoms with Crippen molar-refractivity contribution in [3.05, 3.63) is 89.9 Å². The fraction of sp³-hybridized carbons (Fsp3) is 0.130. The number of nitrogens with one attached hydrogen (secondary N) is 3. The zero-order valence-electron chi connectivity index (χ0n) is 17.5. The van der Waals surface area contributed by atoms with E-state index in [0.29, 0.717) is 33.8 Å². The summed E-state index contributed by atoms with van der Waals surface area (Å²) < 4.78 is 5.94. The molecule has 0 radical (unpaired) electrons. The number of amides is 2. The zero-order chi connectivity index (χ0) is 22.9. The van der Waals surface area contributed by atoms with Crippen LogP contribution in [-0.2, 0) is 17.9 Å². The molecule has 3 N–H and O–H groups in total. The van der Waals surface area contributed by atoms with Gasteiger partial charge in [0.15, 0.2) is 4.34 Å². The molecule has 4 rings (SSSR count). The van der Waals surface area contributed by atoms with Crippen molar-refractivity contribution in [3.8, 4) is 0 Å². The molecule has 2 heterocycles. The number of hydrogen-bond donors (Lipinski definition) is 3. The number of para-hydroxylation sites is 1. The molecule has 2 aromatic carbocycles. The number of furan rings is 1. The van der Waals surface area contributed by atoms with Gasteiger partial charge in [-0.25, -0.2) is 0 Å². The maximum atomic E-state index is 12.7. The Morgan fingerprint density at radius 2 is 1.76 bits per heavy atom. The number of carbonyl (C=O) groups is 2. The van der Waals surface area contributed by atoms with Gasteiger partial charge < -0.3 is 20.4 Å². The molecule has 8 nitrogen and oxygen atoms in total. The van der Waals surface area contributed by atoms with Crippen molar-refractivity contribution in [1.82, 2.24) is 15.5 Å². The highest BCUT2D eigenvalue weighted by molar-refractivity contribution is 8.01. The van der Waals surface area contributed by atoms with Crippen LogP contribution < -0.4 is 16.0 Å². The van der Waals surface area contributed by atoms with Crippen molar-refractivity contribution in [2.75, 3.05) is 16.4 Å². The van der Waals surface area contributed by atoms with Crippen LogP contribution in [0.1, 0.15) is 21.7 Å². The number of nitrogens with zero attached hydrogens (tertiary/aromatic N) is 2. The van der Waals surface area contributed by atoms with Gasteiger partial charge in [-0.2, -0.15) is 0 Å². The lowest BCUT2D eigenvalue weighted by atomic mass is 10.1. The maximum Gasteiger partial charge on any atom is 0.253 e. The second-order valence-corrected chi connectivity index (χ2v) is 9.06. The molecule has 168 valence electrons. The van der Waals surface area contributed by atoms with Crippen LogP contribution in [0.2, 0.25) is 0 Å². The highest BCUT2D eigenvalue weighted by Gasteiger charge is 2.14. The first-order chi connectivity index (χ1) is 16.2. The first-order valence-corrected chi connectivity index (χ1v) is 11.9. The Bertz CT molecular complexity index is 1200. The number of thioether (sulfide) groups is 1. The third-order valence-electron chi connectivity index (χ3n) is 4.47. The van der Waals surface area contributed by atoms with Crippen LogP contribution in [0.3, 0.4) is 0 Å². The summed E-state index contributed by atoms with van der Waals surface area (Å²) >= 11 is 2.64. The molecule has 0 aliphatic heterocycles. The lowest BCUT2D eigenvalue weighted by Gasteiger charge is -2.11. The molecule has 0 spiro atoms. The van der Waals surface area contributed by atoms with Crippen LogP contribution in [-0.4, -0.2) is 27.8 Å². The molecule has 0 unspecified atom stereocenters. The summed E-state index contributed by atoms with van der Waals surface area (Å²) in [5, 5.41) is 17.6. The van der Waals surface area contributed by atoms with Gasteiger partial charge in [-0.15, -0.1) is 10.2 Å². The third-order valence-corrected chi connectivity index (χ3v) is 6.48. The van der Waals surface area contributed by atoms with E-state index in [-0.39, 0.29) is 17.6 Å². The number of aromatic nitrogens is 2. The standard InChI is InChI=1S/C23H21N5O3S2/c29-20(15-32-23-28-27-22(33-23)25-14-17-9-6-12-31-17)26-19-11-5-4-10-18(19)21(30)24-13-16-7-2-1-3-8-16/h1-12H,13-15H2,(H,24,30)(H,25,27)(H,26,29). The van der Waals surface area contributed by atoms with Crippen molar-refractivity contribution in [1.29, 1.82) is 0 Å². The second kappa shape index (κ2) is 11.3. The first-order valence-electron chi connectivity index (χ1n) is 10.1. The van der Waals surface area contributed by atoms with Gasteiger partial charge >= 0.3 is 0 Å². The molecule has 0 saturated heterocycles. The minimum Gasteiger partial charge on any atom is -0.467 e. The Morgan fingerprint density at radius 1 is 0.939 bits per heavy atom. The Hall–Kier alpha value is -3.63. The van der Waals surface area contributed by atoms with Crippen molar-refractivity contribution in [2.24, 2.45) is 0 Å². The molecule has 4 aromatic rings. The summed E-state index contributed by atoms with van der Waals surface area (Å²) in [5.74, 6) is 0.458. The molecule has 0 atom stereocenters. The van der Waals surface area contributed by atoms with Gasteiger partial charge in [0.2, 0.25) is 11.0 Å². The van der Waals surface area contributed by atoms with E-state index in [0.717, 1.165) is 11.3 Å². The van der Waals surface area contributed by atoms with Crippen LogP contribution in [0.5, 0.6) is 0 Å². The van der Waals surface area contributed by atoms with Gasteiger partial charge in [0.05, 0.1) is 29.8 Å². The second-order valence-electron chi connectivity index (χ2n) is 6.86. The Kier molecular flexibility index (Phi) is 7.72. The topological polar surface area (TPSA) is 109 Å². The van der Waals surface area contributed by atoms with Crippen LogP contribution in [0.4, 0.5) is 10.8 Å². The Balaban J connectivity index is 1.27. The molecule has 0 aliphatic rings. The van der Waals surface area contributed by atoms with E-state index >= 15 is 0 Å². The fourth-order valence-electron chi connectivity index (χ4n) is 2.89. The summed E-state index contributed by atoms with van der Waals surface area (Å²) in [6.45, 7) is 0.918. The van der Waals surface area contributed by atoms with Crippen LogP contribution in [0.15, 0.2) is 81.8 Å². The summed E-state index contributed by atoms with van der Waals surface area (Å²) in [5.41, 5.74) is 1.87. The highest BCUT2D eigenvalue weighted by Crippen LogP contribution is 2.26. The molecule has 33 heavy (non-hydrogen) atoms. The first kappa shape index (κ1) is 22.6. The van der Waals surface area contributed by atoms with E-state index in [4.69, 9.17) is 4.42 Å². The van der Waals surface area contributed by atoms with Crippen LogP contribution >= 0.6 is 23.1 Å². The van der Waals surface area contributed by atoms with Gasteiger partial charge in [-0.1, -0.05) is 65.6 Å². The van der Waals surface area contributed by atoms with Crippen LogP contribution in [0, 0.1) is 0 Å². The molecule has 2 aromatic heterocycles. The quantitative estimate of drug-likeness (QED) is 0.289. The molecular formula is C23H21N5O3S2. The largest absolute Gasteiger partial charge is 0.467 e. The van der Waals surface area contributed by atoms with Crippen molar-refractivity contribution in [2.45, 2.75) is 17.4 Å². The monoisotopic (exact) mass is 479 g/mol. The number of rotatable bonds is 10. The molecular weight excluding hydrogens is 458 g/mol. The van der Waals surface area contributed by atoms with Gasteiger partial charge in [-0.3, -0.25) is 9.59 Å². The zero-order valence-corrected chi connectivity index (χ0v) is 19.1. The van der Waals surface area contributed by atoms with E-state index in [9.17, 15) is 9.59 Å². The highest BCUT2D eigenvalue weighted by atomic mass is 32.2. The molecule has 0 saturated carbocycles. The van der Waals surface area contributed by atoms with E-state index in [1.807, 2.05) is 42.5 Å². The predicted octanol–water partition coefficient (Wildman–Crippen LogP) is 4.40. The lowest BCUT2D eigenvalue weighted by Crippen LogP contribution is -2.25. The Morgan fingerprint density at radius 3 is 2.58 bits per heavy atom. The van der Waals surface area contributed by atoms with E-state index in [1.54, 1.807) is 30.5 Å². The number of carbonyl (C=O) groups excluding carboxylic acids is 2. The van der Waals surface area contributed by atoms with Crippen molar-refractivity contribution >= 4 is 45.7 Å². The number of anilines is 2. The van der Waals surface area contributed by atoms with E-state index in [1.165, 1.54) is 23.1 Å². The molecule has 0 bridgehead atoms. The van der Waals surface area contributed by atoms with Crippen molar-refractivity contribution < 1.29 is 14.0 Å². The molecule has 2 amide bonds. The molecule has 0 aliphatic carbocycles. The van der Waals surface area contributed by atoms with Crippen LogP contribution in [0.25, 0.3) is 0 Å². The number of hydrogen-bond acceptors (Lipinski definition) is 8. The van der Waals surface area contributed by atoms with Gasteiger partial charge in [-0.05, 0) is 29.8 Å². The Labute approximate surface area is 198 Å². The summed E-state index contributed by atoms with van der Waals surface area (Å²) in [6, 6.07) is 20.3. The maximum absolute atomic E-state index is 12.7. The van der Waals surface area contributed by atoms with Gasteiger partial charge in [0.1, 0.15) is 5.76 Å². The van der Waals surface area contributed by atoms with E-state index < -0.39 is 0 Å². The van der Waals surface area contributed by atoms with Crippen molar-refractivity contribution in [3.63, 3.8) is 0 Å². The smallest absolute Gasteiger partial charge is 0.253 e. The van der Waals surface area contributed by atoms with Gasteiger partial charge in [0, 0.05) is 6.54 Å². The predicted molar refractivity (Wildman–Crippen MR) is 129 cm³/mol. The summed E-state index contributed by atoms with van der Waals surface area (Å²) in [7, 11) is 0. The minimum atomic E-state index is -0.251. The SMILES string of the molecule is O=C(CSc1nnc(NCc2ccco2)s1)Nc1ccccc1C(=O)NCc1ccccc1. The fourth-order valence-corrected chi connectivity index (χ4v) is 4.44. The summed E-state index contributed by atoms with van der Waals surface area (Å²) in [6.07, 6.45) is 1.61.